The van der Waals surface area contributed by atoms with Crippen LogP contribution in [0.5, 0.6) is 0 Å². The highest BCUT2D eigenvalue weighted by Crippen LogP contribution is 2.34. The number of rotatable bonds is 7. The van der Waals surface area contributed by atoms with Crippen molar-refractivity contribution >= 4 is 43.8 Å². The third kappa shape index (κ3) is 5.28. The van der Waals surface area contributed by atoms with Gasteiger partial charge < -0.3 is 4.90 Å². The van der Waals surface area contributed by atoms with Crippen LogP contribution in [0.4, 0.5) is 10.8 Å². The molecular weight excluding hydrogens is 460 g/mol. The Labute approximate surface area is 196 Å². The van der Waals surface area contributed by atoms with Gasteiger partial charge in [-0.3, -0.25) is 14.9 Å². The minimum Gasteiger partial charge on any atom is -0.312 e. The molecule has 4 rings (SSSR count). The molecule has 172 valence electrons. The highest BCUT2D eigenvalue weighted by atomic mass is 32.2. The first-order valence-electron chi connectivity index (χ1n) is 10.6. The van der Waals surface area contributed by atoms with Crippen LogP contribution in [0, 0.1) is 6.92 Å². The SMILES string of the molecule is CCc1ccc(N2C[C@H](c3nnc(NC(=O)CS(=O)(=O)c4ccc(C)cc4)s3)CC2=O)cc1. The second-order valence-electron chi connectivity index (χ2n) is 7.99. The van der Waals surface area contributed by atoms with Crippen molar-refractivity contribution in [2.45, 2.75) is 37.5 Å². The molecule has 2 aromatic carbocycles. The van der Waals surface area contributed by atoms with Gasteiger partial charge in [0.1, 0.15) is 10.8 Å². The van der Waals surface area contributed by atoms with Gasteiger partial charge in [0.2, 0.25) is 16.9 Å². The number of nitrogens with zero attached hydrogens (tertiary/aromatic N) is 3. The van der Waals surface area contributed by atoms with E-state index in [2.05, 4.69) is 22.4 Å². The van der Waals surface area contributed by atoms with Crippen LogP contribution in [0.25, 0.3) is 0 Å². The van der Waals surface area contributed by atoms with Crippen molar-refractivity contribution in [2.24, 2.45) is 0 Å². The minimum atomic E-state index is -3.76. The summed E-state index contributed by atoms with van der Waals surface area (Å²) in [7, 11) is -3.76. The predicted molar refractivity (Wildman–Crippen MR) is 127 cm³/mol. The van der Waals surface area contributed by atoms with E-state index in [9.17, 15) is 18.0 Å². The maximum absolute atomic E-state index is 12.6. The van der Waals surface area contributed by atoms with E-state index >= 15 is 0 Å². The van der Waals surface area contributed by atoms with E-state index in [1.165, 1.54) is 17.7 Å². The summed E-state index contributed by atoms with van der Waals surface area (Å²) in [6, 6.07) is 14.3. The molecule has 0 bridgehead atoms. The monoisotopic (exact) mass is 484 g/mol. The molecule has 1 aromatic heterocycles. The maximum Gasteiger partial charge on any atom is 0.241 e. The first-order chi connectivity index (χ1) is 15.7. The van der Waals surface area contributed by atoms with Gasteiger partial charge in [0, 0.05) is 24.6 Å². The number of nitrogens with one attached hydrogen (secondary N) is 1. The van der Waals surface area contributed by atoms with E-state index in [-0.39, 0.29) is 21.9 Å². The number of benzene rings is 2. The van der Waals surface area contributed by atoms with Crippen molar-refractivity contribution < 1.29 is 18.0 Å². The number of anilines is 2. The molecule has 1 aliphatic heterocycles. The summed E-state index contributed by atoms with van der Waals surface area (Å²) in [5, 5.41) is 11.5. The minimum absolute atomic E-state index is 0.00854. The first-order valence-corrected chi connectivity index (χ1v) is 13.0. The van der Waals surface area contributed by atoms with E-state index in [0.29, 0.717) is 18.0 Å². The Morgan fingerprint density at radius 1 is 1.12 bits per heavy atom. The Kier molecular flexibility index (Phi) is 6.57. The number of carbonyl (C=O) groups is 2. The largest absolute Gasteiger partial charge is 0.312 e. The van der Waals surface area contributed by atoms with Crippen molar-refractivity contribution in [1.29, 1.82) is 0 Å². The van der Waals surface area contributed by atoms with E-state index in [0.717, 1.165) is 29.0 Å². The van der Waals surface area contributed by atoms with Crippen LogP contribution in [0.1, 0.15) is 35.4 Å². The molecule has 3 aromatic rings. The average molecular weight is 485 g/mol. The lowest BCUT2D eigenvalue weighted by Crippen LogP contribution is -2.24. The number of amides is 2. The molecule has 0 saturated carbocycles. The molecule has 0 spiro atoms. The Morgan fingerprint density at radius 2 is 1.82 bits per heavy atom. The third-order valence-corrected chi connectivity index (χ3v) is 8.15. The fourth-order valence-corrected chi connectivity index (χ4v) is 5.63. The molecular formula is C23H24N4O4S2. The Morgan fingerprint density at radius 3 is 2.48 bits per heavy atom. The van der Waals surface area contributed by atoms with Crippen LogP contribution in [-0.2, 0) is 25.8 Å². The molecule has 2 amide bonds. The Hall–Kier alpha value is -3.11. The fraction of sp³-hybridized carbons (Fsp3) is 0.304. The summed E-state index contributed by atoms with van der Waals surface area (Å²) in [4.78, 5) is 26.7. The van der Waals surface area contributed by atoms with Crippen molar-refractivity contribution in [3.05, 3.63) is 64.7 Å². The van der Waals surface area contributed by atoms with Crippen molar-refractivity contribution in [3.63, 3.8) is 0 Å². The molecule has 1 atom stereocenters. The van der Waals surface area contributed by atoms with E-state index in [4.69, 9.17) is 0 Å². The van der Waals surface area contributed by atoms with Crippen LogP contribution >= 0.6 is 11.3 Å². The average Bonchev–Trinajstić information content (AvgIpc) is 3.40. The van der Waals surface area contributed by atoms with Gasteiger partial charge in [-0.1, -0.05) is 48.1 Å². The zero-order valence-electron chi connectivity index (χ0n) is 18.3. The number of hydrogen-bond donors (Lipinski definition) is 1. The molecule has 33 heavy (non-hydrogen) atoms. The zero-order chi connectivity index (χ0) is 23.6. The number of carbonyl (C=O) groups excluding carboxylic acids is 2. The standard InChI is InChI=1S/C23H24N4O4S2/c1-3-16-6-8-18(9-7-16)27-13-17(12-21(27)29)22-25-26-23(32-22)24-20(28)14-33(30,31)19-10-4-15(2)5-11-19/h4-11,17H,3,12-14H2,1-2H3,(H,24,26,28)/t17-/m1/s1. The lowest BCUT2D eigenvalue weighted by Gasteiger charge is -2.16. The molecule has 1 fully saturated rings. The molecule has 1 N–H and O–H groups in total. The predicted octanol–water partition coefficient (Wildman–Crippen LogP) is 3.34. The van der Waals surface area contributed by atoms with Gasteiger partial charge in [-0.05, 0) is 43.2 Å². The molecule has 0 radical (unpaired) electrons. The Bertz CT molecular complexity index is 1270. The number of aromatic nitrogens is 2. The van der Waals surface area contributed by atoms with Gasteiger partial charge in [-0.15, -0.1) is 10.2 Å². The van der Waals surface area contributed by atoms with Gasteiger partial charge in [-0.25, -0.2) is 8.42 Å². The number of sulfone groups is 1. The van der Waals surface area contributed by atoms with E-state index < -0.39 is 21.5 Å². The second-order valence-corrected chi connectivity index (χ2v) is 11.0. The maximum atomic E-state index is 12.6. The summed E-state index contributed by atoms with van der Waals surface area (Å²) >= 11 is 1.16. The third-order valence-electron chi connectivity index (χ3n) is 5.52. The molecule has 0 unspecified atom stereocenters. The Balaban J connectivity index is 1.39. The summed E-state index contributed by atoms with van der Waals surface area (Å²) in [5.74, 6) is -1.50. The molecule has 10 heteroatoms. The molecule has 2 heterocycles. The van der Waals surface area contributed by atoms with Gasteiger partial charge in [-0.2, -0.15) is 0 Å². The van der Waals surface area contributed by atoms with Gasteiger partial charge in [0.05, 0.1) is 4.90 Å². The van der Waals surface area contributed by atoms with Gasteiger partial charge in [0.25, 0.3) is 0 Å². The van der Waals surface area contributed by atoms with Crippen LogP contribution in [0.15, 0.2) is 53.4 Å². The topological polar surface area (TPSA) is 109 Å². The number of hydrogen-bond acceptors (Lipinski definition) is 7. The molecule has 0 aliphatic carbocycles. The smallest absolute Gasteiger partial charge is 0.241 e. The second kappa shape index (κ2) is 9.40. The highest BCUT2D eigenvalue weighted by Gasteiger charge is 2.34. The summed E-state index contributed by atoms with van der Waals surface area (Å²) < 4.78 is 24.9. The van der Waals surface area contributed by atoms with Crippen molar-refractivity contribution in [3.8, 4) is 0 Å². The summed E-state index contributed by atoms with van der Waals surface area (Å²) in [6.07, 6.45) is 1.24. The lowest BCUT2D eigenvalue weighted by atomic mass is 10.1. The van der Waals surface area contributed by atoms with Crippen LogP contribution < -0.4 is 10.2 Å². The normalized spacial score (nSPS) is 16.2. The van der Waals surface area contributed by atoms with Crippen molar-refractivity contribution in [2.75, 3.05) is 22.5 Å². The van der Waals surface area contributed by atoms with Crippen LogP contribution in [-0.4, -0.2) is 42.7 Å². The molecule has 8 nitrogen and oxygen atoms in total. The first kappa shape index (κ1) is 23.1. The van der Waals surface area contributed by atoms with E-state index in [1.807, 2.05) is 31.2 Å². The lowest BCUT2D eigenvalue weighted by molar-refractivity contribution is -0.117. The van der Waals surface area contributed by atoms with E-state index in [1.54, 1.807) is 17.0 Å². The molecule has 1 aliphatic rings. The number of aryl methyl sites for hydroxylation is 2. The zero-order valence-corrected chi connectivity index (χ0v) is 19.9. The highest BCUT2D eigenvalue weighted by molar-refractivity contribution is 7.92. The van der Waals surface area contributed by atoms with Crippen molar-refractivity contribution in [1.82, 2.24) is 10.2 Å². The summed E-state index contributed by atoms with van der Waals surface area (Å²) in [5.41, 5.74) is 2.98. The fourth-order valence-electron chi connectivity index (χ4n) is 3.64. The molecule has 1 saturated heterocycles. The quantitative estimate of drug-likeness (QED) is 0.551. The van der Waals surface area contributed by atoms with Crippen LogP contribution in [0.2, 0.25) is 0 Å². The summed E-state index contributed by atoms with van der Waals surface area (Å²) in [6.45, 7) is 4.42. The van der Waals surface area contributed by atoms with Gasteiger partial charge in [0.15, 0.2) is 9.84 Å². The van der Waals surface area contributed by atoms with Crippen LogP contribution in [0.3, 0.4) is 0 Å². The van der Waals surface area contributed by atoms with Gasteiger partial charge >= 0.3 is 0 Å².